The van der Waals surface area contributed by atoms with E-state index < -0.39 is 0 Å². The van der Waals surface area contributed by atoms with Crippen molar-refractivity contribution in [2.75, 3.05) is 0 Å². The van der Waals surface area contributed by atoms with Crippen LogP contribution in [0, 0.1) is 0 Å². The van der Waals surface area contributed by atoms with E-state index in [1.807, 2.05) is 30.6 Å². The van der Waals surface area contributed by atoms with Crippen molar-refractivity contribution in [2.24, 2.45) is 0 Å². The number of nitrogens with zero attached hydrogens (tertiary/aromatic N) is 1. The molecule has 0 amide bonds. The monoisotopic (exact) mass is 183 g/mol. The summed E-state index contributed by atoms with van der Waals surface area (Å²) in [4.78, 5) is 3.23. The Labute approximate surface area is 80.8 Å². The van der Waals surface area contributed by atoms with E-state index in [2.05, 4.69) is 27.3 Å². The number of hydrogen-bond donors (Lipinski definition) is 2. The molecule has 14 heavy (non-hydrogen) atoms. The first-order valence-corrected chi connectivity index (χ1v) is 4.51. The lowest BCUT2D eigenvalue weighted by Gasteiger charge is -1.92. The number of benzene rings is 1. The molecular weight excluding hydrogens is 174 g/mol. The van der Waals surface area contributed by atoms with Gasteiger partial charge in [-0.2, -0.15) is 5.10 Å². The van der Waals surface area contributed by atoms with Gasteiger partial charge in [-0.15, -0.1) is 0 Å². The minimum atomic E-state index is 0.950. The Morgan fingerprint density at radius 3 is 2.86 bits per heavy atom. The molecule has 3 heteroatoms. The third-order valence-corrected chi connectivity index (χ3v) is 2.36. The van der Waals surface area contributed by atoms with E-state index >= 15 is 0 Å². The summed E-state index contributed by atoms with van der Waals surface area (Å²) in [5.41, 5.74) is 2.02. The van der Waals surface area contributed by atoms with Gasteiger partial charge in [0.25, 0.3) is 0 Å². The van der Waals surface area contributed by atoms with Crippen LogP contribution in [0.4, 0.5) is 0 Å². The van der Waals surface area contributed by atoms with Crippen LogP contribution in [-0.2, 0) is 0 Å². The van der Waals surface area contributed by atoms with Crippen molar-refractivity contribution in [1.29, 1.82) is 0 Å². The first-order chi connectivity index (χ1) is 6.95. The number of aromatic nitrogens is 3. The SMILES string of the molecule is c1ccc2c(-c3cc[nH]n3)[nH]cc2c1. The summed E-state index contributed by atoms with van der Waals surface area (Å²) in [6.45, 7) is 0. The Kier molecular flexibility index (Phi) is 1.44. The van der Waals surface area contributed by atoms with Crippen molar-refractivity contribution in [2.45, 2.75) is 0 Å². The van der Waals surface area contributed by atoms with Crippen molar-refractivity contribution in [3.63, 3.8) is 0 Å². The second-order valence-electron chi connectivity index (χ2n) is 3.21. The Hall–Kier alpha value is -2.03. The van der Waals surface area contributed by atoms with E-state index in [1.54, 1.807) is 0 Å². The van der Waals surface area contributed by atoms with Crippen LogP contribution in [-0.4, -0.2) is 15.2 Å². The van der Waals surface area contributed by atoms with Gasteiger partial charge in [-0.25, -0.2) is 0 Å². The van der Waals surface area contributed by atoms with Crippen LogP contribution in [0.25, 0.3) is 22.2 Å². The Morgan fingerprint density at radius 1 is 1.07 bits per heavy atom. The van der Waals surface area contributed by atoms with Crippen molar-refractivity contribution in [3.05, 3.63) is 42.7 Å². The molecule has 0 saturated heterocycles. The molecule has 0 atom stereocenters. The quantitative estimate of drug-likeness (QED) is 0.598. The highest BCUT2D eigenvalue weighted by molar-refractivity contribution is 5.94. The van der Waals surface area contributed by atoms with Crippen molar-refractivity contribution < 1.29 is 0 Å². The maximum absolute atomic E-state index is 4.15. The predicted octanol–water partition coefficient (Wildman–Crippen LogP) is 2.56. The van der Waals surface area contributed by atoms with Gasteiger partial charge >= 0.3 is 0 Å². The van der Waals surface area contributed by atoms with Crippen LogP contribution in [0.5, 0.6) is 0 Å². The van der Waals surface area contributed by atoms with Crippen molar-refractivity contribution in [1.82, 2.24) is 15.2 Å². The van der Waals surface area contributed by atoms with Crippen LogP contribution < -0.4 is 0 Å². The predicted molar refractivity (Wildman–Crippen MR) is 55.9 cm³/mol. The van der Waals surface area contributed by atoms with Gasteiger partial charge in [0.1, 0.15) is 5.69 Å². The van der Waals surface area contributed by atoms with Crippen molar-refractivity contribution >= 4 is 10.8 Å². The Bertz CT molecular complexity index is 549. The maximum Gasteiger partial charge on any atom is 0.109 e. The van der Waals surface area contributed by atoms with E-state index in [9.17, 15) is 0 Å². The molecule has 0 bridgehead atoms. The van der Waals surface area contributed by atoms with Gasteiger partial charge in [0.2, 0.25) is 0 Å². The van der Waals surface area contributed by atoms with E-state index in [0.717, 1.165) is 11.4 Å². The molecule has 0 unspecified atom stereocenters. The second-order valence-corrected chi connectivity index (χ2v) is 3.21. The number of H-pyrrole nitrogens is 2. The molecule has 0 saturated carbocycles. The minimum Gasteiger partial charge on any atom is -0.359 e. The molecule has 0 aliphatic carbocycles. The Balaban J connectivity index is 2.33. The number of nitrogens with one attached hydrogen (secondary N) is 2. The molecule has 2 heterocycles. The summed E-state index contributed by atoms with van der Waals surface area (Å²) in [7, 11) is 0. The largest absolute Gasteiger partial charge is 0.359 e. The molecule has 0 aliphatic heterocycles. The van der Waals surface area contributed by atoms with Crippen LogP contribution in [0.2, 0.25) is 0 Å². The molecule has 0 fully saturated rings. The molecule has 0 aliphatic rings. The lowest BCUT2D eigenvalue weighted by atomic mass is 10.1. The molecule has 68 valence electrons. The smallest absolute Gasteiger partial charge is 0.109 e. The third-order valence-electron chi connectivity index (χ3n) is 2.36. The zero-order chi connectivity index (χ0) is 9.38. The highest BCUT2D eigenvalue weighted by Crippen LogP contribution is 2.25. The number of fused-ring (bicyclic) bond motifs is 1. The van der Waals surface area contributed by atoms with Gasteiger partial charge in [-0.05, 0) is 11.5 Å². The normalized spacial score (nSPS) is 10.9. The van der Waals surface area contributed by atoms with Gasteiger partial charge in [0, 0.05) is 17.8 Å². The molecule has 1 aromatic carbocycles. The summed E-state index contributed by atoms with van der Waals surface area (Å²) in [6, 6.07) is 10.2. The summed E-state index contributed by atoms with van der Waals surface area (Å²) in [5, 5.41) is 9.39. The number of aromatic amines is 2. The fraction of sp³-hybridized carbons (Fsp3) is 0. The minimum absolute atomic E-state index is 0.950. The van der Waals surface area contributed by atoms with Crippen LogP contribution >= 0.6 is 0 Å². The summed E-state index contributed by atoms with van der Waals surface area (Å²) < 4.78 is 0. The molecule has 2 aromatic heterocycles. The van der Waals surface area contributed by atoms with Gasteiger partial charge in [-0.1, -0.05) is 24.3 Å². The van der Waals surface area contributed by atoms with Crippen LogP contribution in [0.3, 0.4) is 0 Å². The van der Waals surface area contributed by atoms with Crippen molar-refractivity contribution in [3.8, 4) is 11.4 Å². The number of hydrogen-bond acceptors (Lipinski definition) is 1. The first kappa shape index (κ1) is 7.38. The summed E-state index contributed by atoms with van der Waals surface area (Å²) in [6.07, 6.45) is 3.82. The highest BCUT2D eigenvalue weighted by atomic mass is 15.1. The molecule has 2 N–H and O–H groups in total. The number of rotatable bonds is 1. The van der Waals surface area contributed by atoms with E-state index in [4.69, 9.17) is 0 Å². The zero-order valence-electron chi connectivity index (χ0n) is 7.49. The maximum atomic E-state index is 4.15. The molecule has 3 rings (SSSR count). The van der Waals surface area contributed by atoms with Gasteiger partial charge in [-0.3, -0.25) is 5.10 Å². The third kappa shape index (κ3) is 0.956. The average molecular weight is 183 g/mol. The van der Waals surface area contributed by atoms with E-state index in [1.165, 1.54) is 10.8 Å². The first-order valence-electron chi connectivity index (χ1n) is 4.51. The Morgan fingerprint density at radius 2 is 2.00 bits per heavy atom. The molecule has 3 aromatic rings. The van der Waals surface area contributed by atoms with Gasteiger partial charge in [0.15, 0.2) is 0 Å². The fourth-order valence-corrected chi connectivity index (χ4v) is 1.69. The highest BCUT2D eigenvalue weighted by Gasteiger charge is 2.05. The average Bonchev–Trinajstić information content (AvgIpc) is 2.85. The second kappa shape index (κ2) is 2.73. The van der Waals surface area contributed by atoms with E-state index in [0.29, 0.717) is 0 Å². The van der Waals surface area contributed by atoms with Gasteiger partial charge in [0.05, 0.1) is 5.69 Å². The molecule has 0 spiro atoms. The summed E-state index contributed by atoms with van der Waals surface area (Å²) in [5.74, 6) is 0. The molecule has 0 radical (unpaired) electrons. The standard InChI is InChI=1S/C11H9N3/c1-2-4-9-8(3-1)7-12-11(9)10-5-6-13-14-10/h1-7,12H,(H,13,14). The molecular formula is C11H9N3. The van der Waals surface area contributed by atoms with Gasteiger partial charge < -0.3 is 4.98 Å². The lowest BCUT2D eigenvalue weighted by Crippen LogP contribution is -1.77. The topological polar surface area (TPSA) is 44.5 Å². The zero-order valence-corrected chi connectivity index (χ0v) is 7.49. The van der Waals surface area contributed by atoms with Crippen LogP contribution in [0.15, 0.2) is 42.7 Å². The summed E-state index contributed by atoms with van der Waals surface area (Å²) >= 11 is 0. The lowest BCUT2D eigenvalue weighted by molar-refractivity contribution is 1.09. The molecule has 3 nitrogen and oxygen atoms in total. The fourth-order valence-electron chi connectivity index (χ4n) is 1.69. The van der Waals surface area contributed by atoms with Crippen LogP contribution in [0.1, 0.15) is 0 Å². The van der Waals surface area contributed by atoms with E-state index in [-0.39, 0.29) is 0 Å².